The molecule has 2 aromatic heterocycles. The molecule has 0 bridgehead atoms. The fraction of sp³-hybridized carbons (Fsp3) is 0.0465. The Bertz CT molecular complexity index is 2330. The zero-order valence-corrected chi connectivity index (χ0v) is 25.9. The predicted octanol–water partition coefficient (Wildman–Crippen LogP) is 12.1. The fourth-order valence-electron chi connectivity index (χ4n) is 6.68. The van der Waals surface area contributed by atoms with E-state index in [1.807, 2.05) is 23.9 Å². The second-order valence-corrected chi connectivity index (χ2v) is 12.9. The van der Waals surface area contributed by atoms with Gasteiger partial charge in [-0.1, -0.05) is 109 Å². The summed E-state index contributed by atoms with van der Waals surface area (Å²) in [6.45, 7) is 0. The minimum atomic E-state index is 0.927. The van der Waals surface area contributed by atoms with Gasteiger partial charge in [-0.2, -0.15) is 11.8 Å². The lowest BCUT2D eigenvalue weighted by Gasteiger charge is -2.14. The molecule has 6 aromatic carbocycles. The van der Waals surface area contributed by atoms with E-state index in [9.17, 15) is 0 Å². The summed E-state index contributed by atoms with van der Waals surface area (Å²) in [6, 6.07) is 54.2. The van der Waals surface area contributed by atoms with E-state index in [1.54, 1.807) is 0 Å². The molecule has 1 aliphatic rings. The van der Waals surface area contributed by atoms with Gasteiger partial charge in [-0.05, 0) is 87.0 Å². The molecule has 0 amide bonds. The molecule has 1 aliphatic heterocycles. The van der Waals surface area contributed by atoms with Gasteiger partial charge in [0.15, 0.2) is 0 Å². The first kappa shape index (κ1) is 27.0. The van der Waals surface area contributed by atoms with Crippen molar-refractivity contribution in [1.82, 2.24) is 4.98 Å². The minimum Gasteiger partial charge on any atom is -0.456 e. The molecule has 0 N–H and O–H groups in total. The summed E-state index contributed by atoms with van der Waals surface area (Å²) in [5.74, 6) is 1.97. The topological polar surface area (TPSA) is 26.0 Å². The number of thioether (sulfide) groups is 1. The van der Waals surface area contributed by atoms with Crippen molar-refractivity contribution in [3.8, 4) is 55.9 Å². The minimum absolute atomic E-state index is 0.927. The number of pyridine rings is 1. The van der Waals surface area contributed by atoms with E-state index in [1.165, 1.54) is 44.5 Å². The summed E-state index contributed by atoms with van der Waals surface area (Å²) in [4.78, 5) is 5.09. The van der Waals surface area contributed by atoms with Crippen LogP contribution in [0.1, 0.15) is 11.1 Å². The SMILES string of the molecule is c1ccc(-c2cc(-c3ccc4c(c3)CSCc3ccc(-c5ccc6c(c5)oc5ccccc56)cc3-4)cc(-c3ccccc3)n2)cc1. The van der Waals surface area contributed by atoms with Crippen LogP contribution in [0, 0.1) is 0 Å². The number of hydrogen-bond acceptors (Lipinski definition) is 3. The summed E-state index contributed by atoms with van der Waals surface area (Å²) in [5.41, 5.74) is 16.2. The van der Waals surface area contributed by atoms with Gasteiger partial charge in [0.05, 0.1) is 11.4 Å². The average molecular weight is 608 g/mol. The van der Waals surface area contributed by atoms with Crippen molar-refractivity contribution in [2.24, 2.45) is 0 Å². The van der Waals surface area contributed by atoms with Gasteiger partial charge in [0.2, 0.25) is 0 Å². The number of aromatic nitrogens is 1. The molecule has 0 spiro atoms. The van der Waals surface area contributed by atoms with Crippen molar-refractivity contribution in [2.75, 3.05) is 0 Å². The van der Waals surface area contributed by atoms with Gasteiger partial charge in [-0.25, -0.2) is 4.98 Å². The molecule has 8 aromatic rings. The van der Waals surface area contributed by atoms with E-state index in [0.29, 0.717) is 0 Å². The number of benzene rings is 6. The molecule has 2 nitrogen and oxygen atoms in total. The van der Waals surface area contributed by atoms with Gasteiger partial charge in [0, 0.05) is 33.4 Å². The van der Waals surface area contributed by atoms with E-state index in [4.69, 9.17) is 9.40 Å². The average Bonchev–Trinajstić information content (AvgIpc) is 3.40. The van der Waals surface area contributed by atoms with E-state index in [0.717, 1.165) is 56.0 Å². The number of nitrogens with zero attached hydrogens (tertiary/aromatic N) is 1. The maximum absolute atomic E-state index is 6.22. The third-order valence-corrected chi connectivity index (χ3v) is 10.1. The lowest BCUT2D eigenvalue weighted by atomic mass is 9.90. The van der Waals surface area contributed by atoms with E-state index < -0.39 is 0 Å². The quantitative estimate of drug-likeness (QED) is 0.199. The van der Waals surface area contributed by atoms with Crippen LogP contribution in [-0.2, 0) is 11.5 Å². The predicted molar refractivity (Wildman–Crippen MR) is 194 cm³/mol. The van der Waals surface area contributed by atoms with Crippen LogP contribution >= 0.6 is 11.8 Å². The molecule has 0 aliphatic carbocycles. The van der Waals surface area contributed by atoms with Crippen LogP contribution in [0.3, 0.4) is 0 Å². The lowest BCUT2D eigenvalue weighted by Crippen LogP contribution is -1.93. The molecule has 0 fully saturated rings. The first-order valence-corrected chi connectivity index (χ1v) is 16.8. The Hall–Kier alpha value is -5.38. The van der Waals surface area contributed by atoms with Crippen LogP contribution in [0.15, 0.2) is 156 Å². The van der Waals surface area contributed by atoms with Crippen LogP contribution in [0.2, 0.25) is 0 Å². The summed E-state index contributed by atoms with van der Waals surface area (Å²) in [5, 5.41) is 2.32. The first-order chi connectivity index (χ1) is 22.8. The summed E-state index contributed by atoms with van der Waals surface area (Å²) >= 11 is 1.98. The van der Waals surface area contributed by atoms with Gasteiger partial charge in [-0.3, -0.25) is 0 Å². The Morgan fingerprint density at radius 1 is 0.413 bits per heavy atom. The largest absolute Gasteiger partial charge is 0.456 e. The Kier molecular flexibility index (Phi) is 6.57. The highest BCUT2D eigenvalue weighted by atomic mass is 32.2. The molecular formula is C43H29NOS. The molecule has 0 radical (unpaired) electrons. The molecule has 218 valence electrons. The maximum Gasteiger partial charge on any atom is 0.136 e. The van der Waals surface area contributed by atoms with Crippen molar-refractivity contribution in [3.63, 3.8) is 0 Å². The second-order valence-electron chi connectivity index (χ2n) is 11.9. The van der Waals surface area contributed by atoms with Gasteiger partial charge in [0.1, 0.15) is 11.2 Å². The van der Waals surface area contributed by atoms with Crippen molar-refractivity contribution in [2.45, 2.75) is 11.5 Å². The zero-order chi connectivity index (χ0) is 30.5. The Balaban J connectivity index is 1.13. The number of fused-ring (bicyclic) bond motifs is 6. The van der Waals surface area contributed by atoms with Crippen LogP contribution in [0.25, 0.3) is 77.8 Å². The van der Waals surface area contributed by atoms with Crippen LogP contribution in [0.4, 0.5) is 0 Å². The number of hydrogen-bond donors (Lipinski definition) is 0. The highest BCUT2D eigenvalue weighted by Gasteiger charge is 2.18. The lowest BCUT2D eigenvalue weighted by molar-refractivity contribution is 0.669. The maximum atomic E-state index is 6.22. The standard InChI is InChI=1S/C43H29NOS/c1-3-9-28(10-4-1)40-23-34(24-41(44-40)29-11-5-2-6-12-29)30-17-19-36-35(21-30)27-46-26-33-16-15-31(22-39(33)36)32-18-20-38-37-13-7-8-14-42(37)45-43(38)25-32/h1-25H,26-27H2. The van der Waals surface area contributed by atoms with Crippen LogP contribution in [0.5, 0.6) is 0 Å². The Morgan fingerprint density at radius 3 is 1.80 bits per heavy atom. The van der Waals surface area contributed by atoms with Gasteiger partial charge >= 0.3 is 0 Å². The zero-order valence-electron chi connectivity index (χ0n) is 25.1. The van der Waals surface area contributed by atoms with E-state index in [-0.39, 0.29) is 0 Å². The summed E-state index contributed by atoms with van der Waals surface area (Å²) < 4.78 is 6.22. The molecule has 0 atom stereocenters. The van der Waals surface area contributed by atoms with E-state index in [2.05, 4.69) is 140 Å². The van der Waals surface area contributed by atoms with E-state index >= 15 is 0 Å². The smallest absolute Gasteiger partial charge is 0.136 e. The monoisotopic (exact) mass is 607 g/mol. The molecule has 3 heterocycles. The van der Waals surface area contributed by atoms with Crippen molar-refractivity contribution in [3.05, 3.63) is 163 Å². The Morgan fingerprint density at radius 2 is 1.02 bits per heavy atom. The van der Waals surface area contributed by atoms with Crippen molar-refractivity contribution >= 4 is 33.7 Å². The third kappa shape index (κ3) is 4.81. The summed E-state index contributed by atoms with van der Waals surface area (Å²) in [6.07, 6.45) is 0. The summed E-state index contributed by atoms with van der Waals surface area (Å²) in [7, 11) is 0. The third-order valence-electron chi connectivity index (χ3n) is 9.03. The number of rotatable bonds is 4. The molecule has 0 saturated carbocycles. The molecule has 0 saturated heterocycles. The van der Waals surface area contributed by atoms with Crippen LogP contribution in [-0.4, -0.2) is 4.98 Å². The number of furan rings is 1. The van der Waals surface area contributed by atoms with Gasteiger partial charge < -0.3 is 4.42 Å². The molecule has 3 heteroatoms. The molecule has 0 unspecified atom stereocenters. The Labute approximate surface area is 272 Å². The molecule has 46 heavy (non-hydrogen) atoms. The molecule has 9 rings (SSSR count). The van der Waals surface area contributed by atoms with Gasteiger partial charge in [-0.15, -0.1) is 0 Å². The first-order valence-electron chi connectivity index (χ1n) is 15.7. The highest BCUT2D eigenvalue weighted by Crippen LogP contribution is 2.41. The molecular weight excluding hydrogens is 579 g/mol. The van der Waals surface area contributed by atoms with Crippen LogP contribution < -0.4 is 0 Å². The number of para-hydroxylation sites is 1. The van der Waals surface area contributed by atoms with Crippen molar-refractivity contribution < 1.29 is 4.42 Å². The highest BCUT2D eigenvalue weighted by molar-refractivity contribution is 7.97. The second kappa shape index (κ2) is 11.2. The van der Waals surface area contributed by atoms with Gasteiger partial charge in [0.25, 0.3) is 0 Å². The normalized spacial score (nSPS) is 12.5. The van der Waals surface area contributed by atoms with Crippen molar-refractivity contribution in [1.29, 1.82) is 0 Å². The fourth-order valence-corrected chi connectivity index (χ4v) is 7.71.